The van der Waals surface area contributed by atoms with Crippen molar-refractivity contribution < 1.29 is 0 Å². The monoisotopic (exact) mass is 334 g/mol. The van der Waals surface area contributed by atoms with Gasteiger partial charge in [0.1, 0.15) is 5.82 Å². The molecule has 2 bridgehead atoms. The molecular formula is C19H22N6. The first-order valence-electron chi connectivity index (χ1n) is 9.12. The predicted octanol–water partition coefficient (Wildman–Crippen LogP) is 2.65. The topological polar surface area (TPSA) is 59.2 Å². The minimum absolute atomic E-state index is 0.431. The standard InChI is InChI=1S/C19H22N6/c1-3-18-20-8-13(9-21-18)11-24-14-4-5-16(24)15-10-22-19-6-12(2)23-25(19)17(15)7-14/h6,8-10,14,16H,3-5,7,11H2,1-2H3. The summed E-state index contributed by atoms with van der Waals surface area (Å²) in [5.41, 5.74) is 5.88. The van der Waals surface area contributed by atoms with Gasteiger partial charge in [-0.3, -0.25) is 4.90 Å². The normalized spacial score (nSPS) is 22.5. The highest BCUT2D eigenvalue weighted by Gasteiger charge is 2.41. The summed E-state index contributed by atoms with van der Waals surface area (Å²) in [6.45, 7) is 5.03. The van der Waals surface area contributed by atoms with Gasteiger partial charge in [0.25, 0.3) is 0 Å². The fourth-order valence-electron chi connectivity index (χ4n) is 4.40. The van der Waals surface area contributed by atoms with Gasteiger partial charge in [0.2, 0.25) is 0 Å². The average Bonchev–Trinajstić information content (AvgIpc) is 3.13. The summed E-state index contributed by atoms with van der Waals surface area (Å²) < 4.78 is 2.06. The number of nitrogens with zero attached hydrogens (tertiary/aromatic N) is 6. The zero-order valence-corrected chi connectivity index (χ0v) is 14.7. The van der Waals surface area contributed by atoms with E-state index in [9.17, 15) is 0 Å². The maximum Gasteiger partial charge on any atom is 0.155 e. The number of aryl methyl sites for hydroxylation is 2. The molecule has 2 atom stereocenters. The van der Waals surface area contributed by atoms with E-state index < -0.39 is 0 Å². The molecule has 3 aromatic rings. The van der Waals surface area contributed by atoms with Crippen molar-refractivity contribution in [2.45, 2.75) is 58.2 Å². The highest BCUT2D eigenvalue weighted by atomic mass is 15.3. The molecule has 5 rings (SSSR count). The van der Waals surface area contributed by atoms with Crippen molar-refractivity contribution in [3.05, 3.63) is 53.0 Å². The van der Waals surface area contributed by atoms with E-state index in [2.05, 4.69) is 48.7 Å². The van der Waals surface area contributed by atoms with Crippen molar-refractivity contribution in [3.63, 3.8) is 0 Å². The van der Waals surface area contributed by atoms with Gasteiger partial charge in [-0.15, -0.1) is 0 Å². The third-order valence-electron chi connectivity index (χ3n) is 5.61. The molecule has 0 aliphatic carbocycles. The molecule has 0 N–H and O–H groups in total. The van der Waals surface area contributed by atoms with Crippen LogP contribution < -0.4 is 0 Å². The first-order valence-corrected chi connectivity index (χ1v) is 9.12. The van der Waals surface area contributed by atoms with Crippen LogP contribution in [0.1, 0.15) is 54.1 Å². The maximum atomic E-state index is 4.67. The van der Waals surface area contributed by atoms with Gasteiger partial charge in [-0.25, -0.2) is 19.5 Å². The van der Waals surface area contributed by atoms with E-state index in [0.29, 0.717) is 12.1 Å². The molecule has 2 unspecified atom stereocenters. The largest absolute Gasteiger partial charge is 0.289 e. The number of fused-ring (bicyclic) bond motifs is 6. The molecule has 0 amide bonds. The van der Waals surface area contributed by atoms with E-state index in [0.717, 1.165) is 36.6 Å². The van der Waals surface area contributed by atoms with Gasteiger partial charge in [0.05, 0.1) is 11.4 Å². The third kappa shape index (κ3) is 2.35. The van der Waals surface area contributed by atoms with Crippen LogP contribution in [0, 0.1) is 6.92 Å². The van der Waals surface area contributed by atoms with Crippen LogP contribution in [-0.4, -0.2) is 35.5 Å². The molecular weight excluding hydrogens is 312 g/mol. The summed E-state index contributed by atoms with van der Waals surface area (Å²) in [4.78, 5) is 16.2. The van der Waals surface area contributed by atoms with Crippen LogP contribution in [0.3, 0.4) is 0 Å². The molecule has 0 radical (unpaired) electrons. The molecule has 1 saturated heterocycles. The van der Waals surface area contributed by atoms with E-state index in [4.69, 9.17) is 0 Å². The van der Waals surface area contributed by atoms with Gasteiger partial charge in [0.15, 0.2) is 5.65 Å². The van der Waals surface area contributed by atoms with Gasteiger partial charge >= 0.3 is 0 Å². The summed E-state index contributed by atoms with van der Waals surface area (Å²) in [6.07, 6.45) is 10.4. The van der Waals surface area contributed by atoms with E-state index in [1.165, 1.54) is 29.7 Å². The van der Waals surface area contributed by atoms with Crippen molar-refractivity contribution in [1.29, 1.82) is 0 Å². The Morgan fingerprint density at radius 3 is 2.76 bits per heavy atom. The summed E-state index contributed by atoms with van der Waals surface area (Å²) >= 11 is 0. The average molecular weight is 334 g/mol. The lowest BCUT2D eigenvalue weighted by molar-refractivity contribution is 0.164. The van der Waals surface area contributed by atoms with E-state index >= 15 is 0 Å². The molecule has 2 aliphatic heterocycles. The molecule has 5 heterocycles. The Morgan fingerprint density at radius 1 is 1.12 bits per heavy atom. The van der Waals surface area contributed by atoms with Crippen LogP contribution in [0.4, 0.5) is 0 Å². The second-order valence-electron chi connectivity index (χ2n) is 7.20. The minimum atomic E-state index is 0.431. The van der Waals surface area contributed by atoms with Crippen LogP contribution >= 0.6 is 0 Å². The second kappa shape index (κ2) is 5.59. The Bertz CT molecular complexity index is 929. The van der Waals surface area contributed by atoms with Gasteiger partial charge in [0, 0.05) is 67.3 Å². The minimum Gasteiger partial charge on any atom is -0.289 e. The summed E-state index contributed by atoms with van der Waals surface area (Å²) in [7, 11) is 0. The summed E-state index contributed by atoms with van der Waals surface area (Å²) in [5, 5.41) is 4.67. The summed E-state index contributed by atoms with van der Waals surface area (Å²) in [6, 6.07) is 3.06. The number of hydrogen-bond acceptors (Lipinski definition) is 5. The molecule has 6 nitrogen and oxygen atoms in total. The molecule has 0 spiro atoms. The lowest BCUT2D eigenvalue weighted by atomic mass is 9.98. The molecule has 128 valence electrons. The highest BCUT2D eigenvalue weighted by Crippen LogP contribution is 2.44. The lowest BCUT2D eigenvalue weighted by Gasteiger charge is -2.36. The predicted molar refractivity (Wildman–Crippen MR) is 94.1 cm³/mol. The SMILES string of the molecule is CCc1ncc(CN2C3CCC2c2cnc4cc(C)nn4c2C3)cn1. The molecule has 0 aromatic carbocycles. The number of aromatic nitrogens is 5. The Hall–Kier alpha value is -2.34. The van der Waals surface area contributed by atoms with Crippen molar-refractivity contribution in [3.8, 4) is 0 Å². The van der Waals surface area contributed by atoms with Gasteiger partial charge in [-0.2, -0.15) is 5.10 Å². The van der Waals surface area contributed by atoms with Crippen molar-refractivity contribution in [2.24, 2.45) is 0 Å². The number of rotatable bonds is 3. The molecule has 2 aliphatic rings. The fraction of sp³-hybridized carbons (Fsp3) is 0.474. The van der Waals surface area contributed by atoms with Gasteiger partial charge in [-0.05, 0) is 19.8 Å². The quantitative estimate of drug-likeness (QED) is 0.737. The Balaban J connectivity index is 1.49. The van der Waals surface area contributed by atoms with Crippen LogP contribution in [0.5, 0.6) is 0 Å². The van der Waals surface area contributed by atoms with Gasteiger partial charge in [-0.1, -0.05) is 6.92 Å². The molecule has 3 aromatic heterocycles. The third-order valence-corrected chi connectivity index (χ3v) is 5.61. The Morgan fingerprint density at radius 2 is 1.96 bits per heavy atom. The smallest absolute Gasteiger partial charge is 0.155 e. The zero-order chi connectivity index (χ0) is 17.0. The Kier molecular flexibility index (Phi) is 3.35. The molecule has 0 saturated carbocycles. The lowest BCUT2D eigenvalue weighted by Crippen LogP contribution is -2.38. The maximum absolute atomic E-state index is 4.67. The summed E-state index contributed by atoms with van der Waals surface area (Å²) in [5.74, 6) is 0.913. The molecule has 25 heavy (non-hydrogen) atoms. The first-order chi connectivity index (χ1) is 12.2. The zero-order valence-electron chi connectivity index (χ0n) is 14.7. The fourth-order valence-corrected chi connectivity index (χ4v) is 4.40. The van der Waals surface area contributed by atoms with Crippen LogP contribution in [-0.2, 0) is 19.4 Å². The number of hydrogen-bond donors (Lipinski definition) is 0. The van der Waals surface area contributed by atoms with E-state index in [1.807, 2.05) is 19.3 Å². The van der Waals surface area contributed by atoms with E-state index in [1.54, 1.807) is 0 Å². The van der Waals surface area contributed by atoms with Crippen LogP contribution in [0.25, 0.3) is 5.65 Å². The van der Waals surface area contributed by atoms with Crippen LogP contribution in [0.15, 0.2) is 24.7 Å². The molecule has 1 fully saturated rings. The van der Waals surface area contributed by atoms with E-state index in [-0.39, 0.29) is 0 Å². The Labute approximate surface area is 146 Å². The highest BCUT2D eigenvalue weighted by molar-refractivity contribution is 5.44. The van der Waals surface area contributed by atoms with Gasteiger partial charge < -0.3 is 0 Å². The van der Waals surface area contributed by atoms with Crippen LogP contribution in [0.2, 0.25) is 0 Å². The first kappa shape index (κ1) is 15.0. The van der Waals surface area contributed by atoms with Crippen molar-refractivity contribution >= 4 is 5.65 Å². The van der Waals surface area contributed by atoms with Crippen molar-refractivity contribution in [2.75, 3.05) is 0 Å². The second-order valence-corrected chi connectivity index (χ2v) is 7.20. The molecule has 6 heteroatoms. The van der Waals surface area contributed by atoms with Crippen molar-refractivity contribution in [1.82, 2.24) is 29.5 Å².